The van der Waals surface area contributed by atoms with Crippen molar-refractivity contribution in [1.29, 1.82) is 0 Å². The van der Waals surface area contributed by atoms with E-state index < -0.39 is 10.0 Å². The van der Waals surface area contributed by atoms with Crippen molar-refractivity contribution in [3.8, 4) is 0 Å². The van der Waals surface area contributed by atoms with Crippen molar-refractivity contribution in [3.63, 3.8) is 0 Å². The highest BCUT2D eigenvalue weighted by molar-refractivity contribution is 7.89. The van der Waals surface area contributed by atoms with Gasteiger partial charge in [-0.25, -0.2) is 8.42 Å². The van der Waals surface area contributed by atoms with Crippen molar-refractivity contribution in [3.05, 3.63) is 76.8 Å². The van der Waals surface area contributed by atoms with Crippen molar-refractivity contribution >= 4 is 21.6 Å². The summed E-state index contributed by atoms with van der Waals surface area (Å²) in [6.07, 6.45) is 5.58. The topological polar surface area (TPSA) is 79.0 Å². The van der Waals surface area contributed by atoms with E-state index in [2.05, 4.69) is 15.2 Å². The first-order valence-corrected chi connectivity index (χ1v) is 9.56. The van der Waals surface area contributed by atoms with Gasteiger partial charge in [-0.3, -0.25) is 10.1 Å². The van der Waals surface area contributed by atoms with Crippen molar-refractivity contribution in [2.24, 2.45) is 0 Å². The van der Waals surface area contributed by atoms with Gasteiger partial charge in [0, 0.05) is 41.6 Å². The second-order valence-electron chi connectivity index (χ2n) is 5.88. The Morgan fingerprint density at radius 2 is 1.96 bits per heavy atom. The molecule has 2 aromatic heterocycles. The molecule has 1 aliphatic heterocycles. The van der Waals surface area contributed by atoms with Crippen molar-refractivity contribution < 1.29 is 8.42 Å². The largest absolute Gasteiger partial charge is 0.282 e. The highest BCUT2D eigenvalue weighted by Crippen LogP contribution is 2.36. The predicted octanol–water partition coefficient (Wildman–Crippen LogP) is 2.95. The minimum atomic E-state index is -3.69. The lowest BCUT2D eigenvalue weighted by Crippen LogP contribution is -2.38. The Morgan fingerprint density at radius 1 is 1.16 bits per heavy atom. The number of aromatic nitrogens is 3. The van der Waals surface area contributed by atoms with Crippen LogP contribution < -0.4 is 0 Å². The van der Waals surface area contributed by atoms with E-state index in [4.69, 9.17) is 11.6 Å². The number of rotatable bonds is 3. The molecule has 6 nitrogen and oxygen atoms in total. The van der Waals surface area contributed by atoms with E-state index in [9.17, 15) is 8.42 Å². The average molecular weight is 375 g/mol. The highest BCUT2D eigenvalue weighted by atomic mass is 35.5. The van der Waals surface area contributed by atoms with Gasteiger partial charge >= 0.3 is 0 Å². The van der Waals surface area contributed by atoms with Gasteiger partial charge in [0.05, 0.1) is 17.1 Å². The smallest absolute Gasteiger partial charge is 0.243 e. The maximum absolute atomic E-state index is 13.2. The SMILES string of the molecule is O=S(=O)(c1ccc(Cl)cc1)N1Cc2cn[nH]c2CC1c1cccnc1. The Labute approximate surface area is 150 Å². The maximum atomic E-state index is 13.2. The third-order valence-corrected chi connectivity index (χ3v) is 6.49. The van der Waals surface area contributed by atoms with E-state index in [1.807, 2.05) is 12.1 Å². The Kier molecular flexibility index (Phi) is 4.07. The number of benzene rings is 1. The number of H-pyrrole nitrogens is 1. The average Bonchev–Trinajstić information content (AvgIpc) is 3.09. The summed E-state index contributed by atoms with van der Waals surface area (Å²) in [7, 11) is -3.69. The summed E-state index contributed by atoms with van der Waals surface area (Å²) in [5.74, 6) is 0. The highest BCUT2D eigenvalue weighted by Gasteiger charge is 2.37. The molecule has 0 bridgehead atoms. The number of fused-ring (bicyclic) bond motifs is 1. The van der Waals surface area contributed by atoms with Crippen LogP contribution in [0, 0.1) is 0 Å². The molecule has 0 amide bonds. The number of aromatic amines is 1. The molecule has 0 aliphatic carbocycles. The van der Waals surface area contributed by atoms with Crippen LogP contribution in [0.4, 0.5) is 0 Å². The number of halogens is 1. The van der Waals surface area contributed by atoms with Gasteiger partial charge in [-0.2, -0.15) is 9.40 Å². The Hall–Kier alpha value is -2.22. The molecule has 3 heterocycles. The summed E-state index contributed by atoms with van der Waals surface area (Å²) >= 11 is 5.90. The van der Waals surface area contributed by atoms with Gasteiger partial charge < -0.3 is 0 Å². The van der Waals surface area contributed by atoms with Crippen molar-refractivity contribution in [2.75, 3.05) is 0 Å². The van der Waals surface area contributed by atoms with Gasteiger partial charge in [-0.05, 0) is 35.9 Å². The van der Waals surface area contributed by atoms with Crippen LogP contribution in [-0.2, 0) is 23.0 Å². The molecule has 1 N–H and O–H groups in total. The van der Waals surface area contributed by atoms with E-state index in [0.717, 1.165) is 16.8 Å². The van der Waals surface area contributed by atoms with Crippen LogP contribution in [0.2, 0.25) is 5.02 Å². The van der Waals surface area contributed by atoms with Gasteiger partial charge in [0.2, 0.25) is 10.0 Å². The molecule has 128 valence electrons. The molecule has 4 rings (SSSR count). The first-order chi connectivity index (χ1) is 12.1. The Balaban J connectivity index is 1.80. The Bertz CT molecular complexity index is 987. The predicted molar refractivity (Wildman–Crippen MR) is 93.5 cm³/mol. The standard InChI is InChI=1S/C17H15ClN4O2S/c18-14-3-5-15(6-4-14)25(23,24)22-11-13-10-20-21-16(13)8-17(22)12-2-1-7-19-9-12/h1-7,9-10,17H,8,11H2,(H,20,21). The summed E-state index contributed by atoms with van der Waals surface area (Å²) in [6, 6.07) is 9.59. The van der Waals surface area contributed by atoms with Crippen LogP contribution in [0.3, 0.4) is 0 Å². The van der Waals surface area contributed by atoms with E-state index >= 15 is 0 Å². The summed E-state index contributed by atoms with van der Waals surface area (Å²) < 4.78 is 28.0. The van der Waals surface area contributed by atoms with Crippen LogP contribution in [0.25, 0.3) is 0 Å². The fraction of sp³-hybridized carbons (Fsp3) is 0.176. The van der Waals surface area contributed by atoms with Gasteiger partial charge in [0.25, 0.3) is 0 Å². The third-order valence-electron chi connectivity index (χ3n) is 4.37. The van der Waals surface area contributed by atoms with E-state index in [1.165, 1.54) is 16.4 Å². The van der Waals surface area contributed by atoms with Crippen LogP contribution in [0.15, 0.2) is 59.9 Å². The zero-order valence-corrected chi connectivity index (χ0v) is 14.7. The van der Waals surface area contributed by atoms with Crippen molar-refractivity contribution in [1.82, 2.24) is 19.5 Å². The first kappa shape index (κ1) is 16.3. The number of hydrogen-bond acceptors (Lipinski definition) is 4. The van der Waals surface area contributed by atoms with Gasteiger partial charge in [-0.15, -0.1) is 0 Å². The molecule has 0 fully saturated rings. The number of hydrogen-bond donors (Lipinski definition) is 1. The fourth-order valence-corrected chi connectivity index (χ4v) is 4.79. The molecular formula is C17H15ClN4O2S. The van der Waals surface area contributed by atoms with E-state index in [1.54, 1.807) is 30.7 Å². The van der Waals surface area contributed by atoms with Gasteiger partial charge in [0.15, 0.2) is 0 Å². The second kappa shape index (κ2) is 6.25. The minimum Gasteiger partial charge on any atom is -0.282 e. The monoisotopic (exact) mass is 374 g/mol. The lowest BCUT2D eigenvalue weighted by molar-refractivity contribution is 0.294. The summed E-state index contributed by atoms with van der Waals surface area (Å²) in [5.41, 5.74) is 2.69. The Morgan fingerprint density at radius 3 is 2.68 bits per heavy atom. The molecular weight excluding hydrogens is 360 g/mol. The van der Waals surface area contributed by atoms with Gasteiger partial charge in [0.1, 0.15) is 0 Å². The van der Waals surface area contributed by atoms with Crippen LogP contribution in [0.5, 0.6) is 0 Å². The summed E-state index contributed by atoms with van der Waals surface area (Å²) in [5, 5.41) is 7.52. The summed E-state index contributed by atoms with van der Waals surface area (Å²) in [6.45, 7) is 0.260. The number of nitrogens with one attached hydrogen (secondary N) is 1. The molecule has 0 spiro atoms. The quantitative estimate of drug-likeness (QED) is 0.764. The fourth-order valence-electron chi connectivity index (χ4n) is 3.08. The van der Waals surface area contributed by atoms with Crippen LogP contribution >= 0.6 is 11.6 Å². The van der Waals surface area contributed by atoms with Crippen LogP contribution in [-0.4, -0.2) is 27.9 Å². The van der Waals surface area contributed by atoms with E-state index in [-0.39, 0.29) is 17.5 Å². The number of pyridine rings is 1. The van der Waals surface area contributed by atoms with E-state index in [0.29, 0.717) is 11.4 Å². The molecule has 0 saturated carbocycles. The molecule has 3 aromatic rings. The summed E-state index contributed by atoms with van der Waals surface area (Å²) in [4.78, 5) is 4.36. The zero-order valence-electron chi connectivity index (χ0n) is 13.1. The van der Waals surface area contributed by atoms with Gasteiger partial charge in [-0.1, -0.05) is 17.7 Å². The number of nitrogens with zero attached hydrogens (tertiary/aromatic N) is 3. The molecule has 0 radical (unpaired) electrons. The molecule has 1 unspecified atom stereocenters. The molecule has 1 aliphatic rings. The number of sulfonamides is 1. The normalized spacial score (nSPS) is 18.0. The first-order valence-electron chi connectivity index (χ1n) is 7.74. The molecule has 0 saturated heterocycles. The zero-order chi connectivity index (χ0) is 17.4. The second-order valence-corrected chi connectivity index (χ2v) is 8.21. The molecule has 25 heavy (non-hydrogen) atoms. The van der Waals surface area contributed by atoms with Crippen LogP contribution in [0.1, 0.15) is 22.9 Å². The van der Waals surface area contributed by atoms with Crippen molar-refractivity contribution in [2.45, 2.75) is 23.9 Å². The maximum Gasteiger partial charge on any atom is 0.243 e. The lowest BCUT2D eigenvalue weighted by atomic mass is 9.98. The molecule has 1 atom stereocenters. The third kappa shape index (κ3) is 2.95. The molecule has 8 heteroatoms. The lowest BCUT2D eigenvalue weighted by Gasteiger charge is -2.34. The molecule has 1 aromatic carbocycles. The minimum absolute atomic E-state index is 0.220.